The number of hydrogen-bond acceptors (Lipinski definition) is 2. The van der Waals surface area contributed by atoms with E-state index in [4.69, 9.17) is 0 Å². The van der Waals surface area contributed by atoms with E-state index in [1.807, 2.05) is 0 Å². The molecule has 1 fully saturated rings. The van der Waals surface area contributed by atoms with Crippen LogP contribution < -0.4 is 0 Å². The van der Waals surface area contributed by atoms with Gasteiger partial charge in [0.25, 0.3) is 5.91 Å². The molecule has 0 aromatic heterocycles. The van der Waals surface area contributed by atoms with Crippen molar-refractivity contribution in [3.05, 3.63) is 59.7 Å². The molecule has 1 aliphatic heterocycles. The summed E-state index contributed by atoms with van der Waals surface area (Å²) in [7, 11) is 3.44. The molecule has 0 aliphatic carbocycles. The molecule has 2 amide bonds. The summed E-state index contributed by atoms with van der Waals surface area (Å²) in [5.74, 6) is -0.183. The summed E-state index contributed by atoms with van der Waals surface area (Å²) in [5, 5.41) is 0. The number of halogens is 3. The van der Waals surface area contributed by atoms with Crippen LogP contribution in [0.2, 0.25) is 0 Å². The third-order valence-corrected chi connectivity index (χ3v) is 5.25. The van der Waals surface area contributed by atoms with E-state index in [1.54, 1.807) is 48.2 Å². The van der Waals surface area contributed by atoms with Crippen LogP contribution in [0.25, 0.3) is 11.1 Å². The van der Waals surface area contributed by atoms with Crippen molar-refractivity contribution in [3.8, 4) is 11.1 Å². The summed E-state index contributed by atoms with van der Waals surface area (Å²) in [4.78, 5) is 28.5. The van der Waals surface area contributed by atoms with Crippen LogP contribution in [-0.4, -0.2) is 48.8 Å². The Morgan fingerprint density at radius 3 is 2.10 bits per heavy atom. The second kappa shape index (κ2) is 8.27. The Morgan fingerprint density at radius 1 is 0.966 bits per heavy atom. The molecule has 4 nitrogen and oxygen atoms in total. The van der Waals surface area contributed by atoms with Gasteiger partial charge in [-0.2, -0.15) is 13.2 Å². The Hall–Kier alpha value is -2.83. The van der Waals surface area contributed by atoms with Gasteiger partial charge in [-0.15, -0.1) is 0 Å². The lowest BCUT2D eigenvalue weighted by Gasteiger charge is -2.33. The molecular weight excluding hydrogens is 381 g/mol. The number of benzene rings is 2. The van der Waals surface area contributed by atoms with Crippen molar-refractivity contribution >= 4 is 11.8 Å². The minimum atomic E-state index is -4.40. The fourth-order valence-electron chi connectivity index (χ4n) is 3.63. The Labute approximate surface area is 167 Å². The Bertz CT molecular complexity index is 884. The zero-order valence-corrected chi connectivity index (χ0v) is 16.4. The SMILES string of the molecule is CN(C)C(=O)C1CCN(C(=O)c2ccccc2-c2ccc(C(F)(F)F)cc2)CC1. The molecule has 1 heterocycles. The summed E-state index contributed by atoms with van der Waals surface area (Å²) in [6, 6.07) is 11.7. The molecule has 0 unspecified atom stereocenters. The first-order valence-electron chi connectivity index (χ1n) is 9.45. The van der Waals surface area contributed by atoms with Gasteiger partial charge < -0.3 is 9.80 Å². The molecule has 1 saturated heterocycles. The van der Waals surface area contributed by atoms with Crippen molar-refractivity contribution < 1.29 is 22.8 Å². The van der Waals surface area contributed by atoms with Crippen LogP contribution in [0, 0.1) is 5.92 Å². The third-order valence-electron chi connectivity index (χ3n) is 5.25. The lowest BCUT2D eigenvalue weighted by atomic mass is 9.93. The number of carbonyl (C=O) groups excluding carboxylic acids is 2. The third kappa shape index (κ3) is 4.60. The second-order valence-electron chi connectivity index (χ2n) is 7.42. The van der Waals surface area contributed by atoms with Crippen molar-refractivity contribution in [2.45, 2.75) is 19.0 Å². The number of hydrogen-bond donors (Lipinski definition) is 0. The van der Waals surface area contributed by atoms with E-state index in [2.05, 4.69) is 0 Å². The van der Waals surface area contributed by atoms with E-state index in [9.17, 15) is 22.8 Å². The maximum atomic E-state index is 13.1. The first kappa shape index (κ1) is 20.9. The maximum Gasteiger partial charge on any atom is 0.416 e. The van der Waals surface area contributed by atoms with Gasteiger partial charge in [-0.1, -0.05) is 30.3 Å². The molecular formula is C22H23F3N2O2. The van der Waals surface area contributed by atoms with Crippen molar-refractivity contribution in [2.75, 3.05) is 27.2 Å². The molecule has 7 heteroatoms. The highest BCUT2D eigenvalue weighted by atomic mass is 19.4. The lowest BCUT2D eigenvalue weighted by Crippen LogP contribution is -2.42. The minimum absolute atomic E-state index is 0.0715. The molecule has 0 radical (unpaired) electrons. The number of nitrogens with zero attached hydrogens (tertiary/aromatic N) is 2. The lowest BCUT2D eigenvalue weighted by molar-refractivity contribution is -0.137. The van der Waals surface area contributed by atoms with Crippen LogP contribution in [0.15, 0.2) is 48.5 Å². The molecule has 0 spiro atoms. The largest absolute Gasteiger partial charge is 0.416 e. The van der Waals surface area contributed by atoms with Crippen molar-refractivity contribution in [3.63, 3.8) is 0 Å². The molecule has 0 atom stereocenters. The standard InChI is InChI=1S/C22H23F3N2O2/c1-26(2)20(28)16-11-13-27(14-12-16)21(29)19-6-4-3-5-18(19)15-7-9-17(10-8-15)22(23,24)25/h3-10,16H,11-14H2,1-2H3. The molecule has 0 saturated carbocycles. The number of rotatable bonds is 3. The number of piperidine rings is 1. The topological polar surface area (TPSA) is 40.6 Å². The summed E-state index contributed by atoms with van der Waals surface area (Å²) in [5.41, 5.74) is 0.875. The summed E-state index contributed by atoms with van der Waals surface area (Å²) >= 11 is 0. The molecule has 2 aromatic carbocycles. The predicted octanol–water partition coefficient (Wildman–Crippen LogP) is 4.31. The van der Waals surface area contributed by atoms with Crippen LogP contribution in [-0.2, 0) is 11.0 Å². The van der Waals surface area contributed by atoms with Crippen LogP contribution in [0.3, 0.4) is 0 Å². The molecule has 3 rings (SSSR count). The van der Waals surface area contributed by atoms with Gasteiger partial charge in [-0.05, 0) is 42.2 Å². The van der Waals surface area contributed by atoms with Crippen LogP contribution >= 0.6 is 0 Å². The van der Waals surface area contributed by atoms with Gasteiger partial charge in [0.2, 0.25) is 5.91 Å². The highest BCUT2D eigenvalue weighted by Crippen LogP contribution is 2.32. The fourth-order valence-corrected chi connectivity index (χ4v) is 3.63. The highest BCUT2D eigenvalue weighted by Gasteiger charge is 2.31. The Morgan fingerprint density at radius 2 is 1.55 bits per heavy atom. The van der Waals surface area contributed by atoms with Gasteiger partial charge in [0.05, 0.1) is 5.56 Å². The van der Waals surface area contributed by atoms with Gasteiger partial charge in [-0.3, -0.25) is 9.59 Å². The molecule has 154 valence electrons. The quantitative estimate of drug-likeness (QED) is 0.765. The highest BCUT2D eigenvalue weighted by molar-refractivity contribution is 6.01. The van der Waals surface area contributed by atoms with Gasteiger partial charge in [-0.25, -0.2) is 0 Å². The smallest absolute Gasteiger partial charge is 0.349 e. The molecule has 29 heavy (non-hydrogen) atoms. The van der Waals surface area contributed by atoms with E-state index >= 15 is 0 Å². The Balaban J connectivity index is 1.79. The average Bonchev–Trinajstić information content (AvgIpc) is 2.72. The second-order valence-corrected chi connectivity index (χ2v) is 7.42. The van der Waals surface area contributed by atoms with Crippen LogP contribution in [0.1, 0.15) is 28.8 Å². The van der Waals surface area contributed by atoms with E-state index in [0.717, 1.165) is 12.1 Å². The van der Waals surface area contributed by atoms with E-state index in [1.165, 1.54) is 12.1 Å². The van der Waals surface area contributed by atoms with Crippen LogP contribution in [0.5, 0.6) is 0 Å². The zero-order valence-electron chi connectivity index (χ0n) is 16.4. The fraction of sp³-hybridized carbons (Fsp3) is 0.364. The predicted molar refractivity (Wildman–Crippen MR) is 104 cm³/mol. The van der Waals surface area contributed by atoms with E-state index in [-0.39, 0.29) is 17.7 Å². The summed E-state index contributed by atoms with van der Waals surface area (Å²) < 4.78 is 38.5. The zero-order chi connectivity index (χ0) is 21.2. The summed E-state index contributed by atoms with van der Waals surface area (Å²) in [6.45, 7) is 0.953. The van der Waals surface area contributed by atoms with Crippen molar-refractivity contribution in [1.82, 2.24) is 9.80 Å². The molecule has 0 N–H and O–H groups in total. The van der Waals surface area contributed by atoms with Crippen LogP contribution in [0.4, 0.5) is 13.2 Å². The van der Waals surface area contributed by atoms with E-state index in [0.29, 0.717) is 42.6 Å². The van der Waals surface area contributed by atoms with Gasteiger partial charge in [0, 0.05) is 38.7 Å². The Kier molecular flexibility index (Phi) is 5.96. The van der Waals surface area contributed by atoms with E-state index < -0.39 is 11.7 Å². The molecule has 2 aromatic rings. The monoisotopic (exact) mass is 404 g/mol. The molecule has 1 aliphatic rings. The average molecular weight is 404 g/mol. The minimum Gasteiger partial charge on any atom is -0.349 e. The van der Waals surface area contributed by atoms with Crippen molar-refractivity contribution in [1.29, 1.82) is 0 Å². The van der Waals surface area contributed by atoms with Gasteiger partial charge in [0.1, 0.15) is 0 Å². The molecule has 0 bridgehead atoms. The number of carbonyl (C=O) groups is 2. The first-order chi connectivity index (χ1) is 13.7. The van der Waals surface area contributed by atoms with Crippen molar-refractivity contribution in [2.24, 2.45) is 5.92 Å². The summed E-state index contributed by atoms with van der Waals surface area (Å²) in [6.07, 6.45) is -3.20. The van der Waals surface area contributed by atoms with Gasteiger partial charge in [0.15, 0.2) is 0 Å². The number of amides is 2. The first-order valence-corrected chi connectivity index (χ1v) is 9.45. The maximum absolute atomic E-state index is 13.1. The van der Waals surface area contributed by atoms with Gasteiger partial charge >= 0.3 is 6.18 Å². The number of alkyl halides is 3. The normalized spacial score (nSPS) is 15.3. The number of likely N-dealkylation sites (tertiary alicyclic amines) is 1.